The van der Waals surface area contributed by atoms with E-state index in [9.17, 15) is 9.59 Å². The Morgan fingerprint density at radius 2 is 1.85 bits per heavy atom. The Hall–Kier alpha value is -3.08. The minimum atomic E-state index is -0.560. The molecule has 0 bridgehead atoms. The second kappa shape index (κ2) is 13.5. The predicted molar refractivity (Wildman–Crippen MR) is 139 cm³/mol. The lowest BCUT2D eigenvalue weighted by molar-refractivity contribution is -0.120. The van der Waals surface area contributed by atoms with E-state index in [1.165, 1.54) is 0 Å². The van der Waals surface area contributed by atoms with E-state index in [0.29, 0.717) is 6.54 Å². The lowest BCUT2D eigenvalue weighted by Crippen LogP contribution is -2.45. The highest BCUT2D eigenvalue weighted by Crippen LogP contribution is 2.29. The number of hydrogen-bond acceptors (Lipinski definition) is 3. The molecule has 33 heavy (non-hydrogen) atoms. The second-order valence-corrected chi connectivity index (χ2v) is 8.97. The number of carbonyl (C=O) groups is 2. The van der Waals surface area contributed by atoms with Crippen molar-refractivity contribution in [1.29, 1.82) is 0 Å². The molecule has 180 valence electrons. The van der Waals surface area contributed by atoms with E-state index < -0.39 is 5.60 Å². The summed E-state index contributed by atoms with van der Waals surface area (Å²) >= 11 is 0. The second-order valence-electron chi connectivity index (χ2n) is 8.97. The zero-order valence-electron chi connectivity index (χ0n) is 21.1. The van der Waals surface area contributed by atoms with E-state index in [-0.39, 0.29) is 24.0 Å². The summed E-state index contributed by atoms with van der Waals surface area (Å²) < 4.78 is 5.53. The maximum absolute atomic E-state index is 13.1. The van der Waals surface area contributed by atoms with Crippen molar-refractivity contribution in [2.75, 3.05) is 11.9 Å². The summed E-state index contributed by atoms with van der Waals surface area (Å²) in [5.74, 6) is -0.475. The molecule has 1 heterocycles. The maximum atomic E-state index is 13.1. The lowest BCUT2D eigenvalue weighted by atomic mass is 9.97. The Morgan fingerprint density at radius 3 is 2.42 bits per heavy atom. The van der Waals surface area contributed by atoms with Gasteiger partial charge in [0.2, 0.25) is 5.91 Å². The highest BCUT2D eigenvalue weighted by atomic mass is 16.6. The van der Waals surface area contributed by atoms with Crippen molar-refractivity contribution in [1.82, 2.24) is 4.90 Å². The number of anilines is 1. The first-order chi connectivity index (χ1) is 15.6. The van der Waals surface area contributed by atoms with E-state index >= 15 is 0 Å². The Kier molecular flexibility index (Phi) is 11.4. The maximum Gasteiger partial charge on any atom is 0.410 e. The largest absolute Gasteiger partial charge is 0.444 e. The number of carbonyl (C=O) groups excluding carboxylic acids is 2. The SMILES string of the molecule is C=C/C(=C\C=C/C)c1ccccc1NC(=O)C(C)C1CCCN1C(=O)OC(C)(C)C.C=CC. The molecule has 2 amide bonds. The van der Waals surface area contributed by atoms with Gasteiger partial charge < -0.3 is 15.0 Å². The summed E-state index contributed by atoms with van der Waals surface area (Å²) in [6, 6.07) is 7.49. The summed E-state index contributed by atoms with van der Waals surface area (Å²) in [5, 5.41) is 3.06. The van der Waals surface area contributed by atoms with Crippen molar-refractivity contribution in [2.24, 2.45) is 5.92 Å². The third kappa shape index (κ3) is 8.76. The molecular formula is C28H40N2O3. The summed E-state index contributed by atoms with van der Waals surface area (Å²) in [7, 11) is 0. The van der Waals surface area contributed by atoms with Crippen molar-refractivity contribution in [2.45, 2.75) is 66.0 Å². The first-order valence-corrected chi connectivity index (χ1v) is 11.5. The Bertz CT molecular complexity index is 877. The molecule has 5 heteroatoms. The molecule has 1 aliphatic rings. The first-order valence-electron chi connectivity index (χ1n) is 11.5. The van der Waals surface area contributed by atoms with Crippen LogP contribution in [0.4, 0.5) is 10.5 Å². The molecular weight excluding hydrogens is 412 g/mol. The number of hydrogen-bond donors (Lipinski definition) is 1. The van der Waals surface area contributed by atoms with Crippen LogP contribution in [-0.2, 0) is 9.53 Å². The van der Waals surface area contributed by atoms with Crippen LogP contribution in [0.3, 0.4) is 0 Å². The monoisotopic (exact) mass is 452 g/mol. The standard InChI is InChI=1S/C25H34N2O3.C3H6/c1-7-9-13-19(8-2)20-14-10-11-15-21(20)26-23(28)18(3)22-16-12-17-27(22)24(29)30-25(4,5)6;1-3-2/h7-11,13-15,18,22H,2,12,16-17H2,1,3-6H3,(H,26,28);3H,1H2,2H3/b9-7-,19-13+;. The van der Waals surface area contributed by atoms with E-state index in [0.717, 1.165) is 29.7 Å². The molecule has 1 aromatic carbocycles. The lowest BCUT2D eigenvalue weighted by Gasteiger charge is -2.31. The van der Waals surface area contributed by atoms with Gasteiger partial charge in [0.05, 0.1) is 5.92 Å². The van der Waals surface area contributed by atoms with Crippen molar-refractivity contribution in [3.8, 4) is 0 Å². The van der Waals surface area contributed by atoms with E-state index in [1.807, 2.05) is 84.0 Å². The molecule has 1 aromatic rings. The van der Waals surface area contributed by atoms with Crippen LogP contribution in [0.2, 0.25) is 0 Å². The van der Waals surface area contributed by atoms with Gasteiger partial charge >= 0.3 is 6.09 Å². The van der Waals surface area contributed by atoms with Gasteiger partial charge in [0.1, 0.15) is 5.60 Å². The van der Waals surface area contributed by atoms with Gasteiger partial charge in [0, 0.05) is 23.8 Å². The van der Waals surface area contributed by atoms with Crippen LogP contribution >= 0.6 is 0 Å². The van der Waals surface area contributed by atoms with Gasteiger partial charge in [-0.3, -0.25) is 4.79 Å². The van der Waals surface area contributed by atoms with Crippen molar-refractivity contribution < 1.29 is 14.3 Å². The molecule has 0 saturated carbocycles. The number of allylic oxidation sites excluding steroid dienone is 6. The molecule has 1 saturated heterocycles. The van der Waals surface area contributed by atoms with Gasteiger partial charge in [0.25, 0.3) is 0 Å². The molecule has 1 N–H and O–H groups in total. The van der Waals surface area contributed by atoms with Crippen LogP contribution in [0.5, 0.6) is 0 Å². The van der Waals surface area contributed by atoms with Gasteiger partial charge in [-0.05, 0) is 59.1 Å². The fourth-order valence-corrected chi connectivity index (χ4v) is 3.59. The van der Waals surface area contributed by atoms with Gasteiger partial charge in [-0.25, -0.2) is 4.79 Å². The highest BCUT2D eigenvalue weighted by Gasteiger charge is 2.38. The third-order valence-electron chi connectivity index (χ3n) is 5.10. The first kappa shape index (κ1) is 28.0. The zero-order chi connectivity index (χ0) is 25.0. The zero-order valence-corrected chi connectivity index (χ0v) is 21.1. The van der Waals surface area contributed by atoms with E-state index in [2.05, 4.69) is 18.5 Å². The van der Waals surface area contributed by atoms with E-state index in [1.54, 1.807) is 17.1 Å². The molecule has 2 atom stereocenters. The van der Waals surface area contributed by atoms with Crippen molar-refractivity contribution in [3.63, 3.8) is 0 Å². The minimum Gasteiger partial charge on any atom is -0.444 e. The normalized spacial score (nSPS) is 17.1. The minimum absolute atomic E-state index is 0.114. The third-order valence-corrected chi connectivity index (χ3v) is 5.10. The van der Waals surface area contributed by atoms with E-state index in [4.69, 9.17) is 4.74 Å². The molecule has 2 unspecified atom stereocenters. The quantitative estimate of drug-likeness (QED) is 0.373. The Balaban J connectivity index is 0.00000172. The number of ether oxygens (including phenoxy) is 1. The van der Waals surface area contributed by atoms with Crippen molar-refractivity contribution in [3.05, 3.63) is 73.4 Å². The summed E-state index contributed by atoms with van der Waals surface area (Å²) in [6.07, 6.45) is 10.7. The number of nitrogens with one attached hydrogen (secondary N) is 1. The number of amides is 2. The fourth-order valence-electron chi connectivity index (χ4n) is 3.59. The number of nitrogens with zero attached hydrogens (tertiary/aromatic N) is 1. The Labute approximate surface area is 199 Å². The van der Waals surface area contributed by atoms with Gasteiger partial charge in [-0.2, -0.15) is 0 Å². The van der Waals surface area contributed by atoms with Crippen LogP contribution in [0, 0.1) is 5.92 Å². The van der Waals surface area contributed by atoms with Crippen molar-refractivity contribution >= 4 is 23.3 Å². The summed E-state index contributed by atoms with van der Waals surface area (Å²) in [5.41, 5.74) is 2.00. The fraction of sp³-hybridized carbons (Fsp3) is 0.429. The molecule has 1 aliphatic heterocycles. The number of likely N-dealkylation sites (tertiary alicyclic amines) is 1. The van der Waals surface area contributed by atoms with Crippen LogP contribution in [-0.4, -0.2) is 35.1 Å². The molecule has 1 fully saturated rings. The molecule has 0 spiro atoms. The predicted octanol–water partition coefficient (Wildman–Crippen LogP) is 7.00. The number of rotatable bonds is 6. The number of para-hydroxylation sites is 1. The van der Waals surface area contributed by atoms with Crippen LogP contribution in [0.15, 0.2) is 67.8 Å². The van der Waals surface area contributed by atoms with Gasteiger partial charge in [0.15, 0.2) is 0 Å². The Morgan fingerprint density at radius 1 is 1.21 bits per heavy atom. The molecule has 0 aromatic heterocycles. The highest BCUT2D eigenvalue weighted by molar-refractivity contribution is 5.97. The molecule has 2 rings (SSSR count). The molecule has 0 radical (unpaired) electrons. The average Bonchev–Trinajstić information content (AvgIpc) is 3.24. The van der Waals surface area contributed by atoms with Gasteiger partial charge in [-0.1, -0.05) is 62.1 Å². The smallest absolute Gasteiger partial charge is 0.410 e. The average molecular weight is 453 g/mol. The summed E-state index contributed by atoms with van der Waals surface area (Å²) in [6.45, 7) is 19.1. The topological polar surface area (TPSA) is 58.6 Å². The van der Waals surface area contributed by atoms with Crippen LogP contribution in [0.25, 0.3) is 5.57 Å². The van der Waals surface area contributed by atoms with Gasteiger partial charge in [-0.15, -0.1) is 6.58 Å². The van der Waals surface area contributed by atoms with Crippen LogP contribution < -0.4 is 5.32 Å². The summed E-state index contributed by atoms with van der Waals surface area (Å²) in [4.78, 5) is 27.4. The molecule has 5 nitrogen and oxygen atoms in total. The number of benzene rings is 1. The van der Waals surface area contributed by atoms with Crippen LogP contribution in [0.1, 0.15) is 59.9 Å². The molecule has 0 aliphatic carbocycles.